The summed E-state index contributed by atoms with van der Waals surface area (Å²) in [6.45, 7) is 0. The minimum absolute atomic E-state index is 0.807. The van der Waals surface area contributed by atoms with Crippen molar-refractivity contribution in [1.82, 2.24) is 0 Å². The number of hydrogen-bond acceptors (Lipinski definition) is 1. The maximum atomic E-state index is 6.54. The van der Waals surface area contributed by atoms with Crippen LogP contribution in [0.25, 0.3) is 42.1 Å². The molecule has 5 rings (SSSR count). The van der Waals surface area contributed by atoms with Crippen molar-refractivity contribution in [1.29, 1.82) is 0 Å². The molecule has 1 heterocycles. The van der Waals surface area contributed by atoms with Crippen molar-refractivity contribution < 1.29 is 0 Å². The predicted molar refractivity (Wildman–Crippen MR) is 107 cm³/mol. The Labute approximate surface area is 148 Å². The Morgan fingerprint density at radius 3 is 2.25 bits per heavy atom. The highest BCUT2D eigenvalue weighted by atomic mass is 35.5. The van der Waals surface area contributed by atoms with Crippen LogP contribution in [0.3, 0.4) is 0 Å². The largest absolute Gasteiger partial charge is 0.135 e. The molecule has 0 aliphatic carbocycles. The fourth-order valence-electron chi connectivity index (χ4n) is 3.40. The third-order valence-corrected chi connectivity index (χ3v) is 6.01. The maximum absolute atomic E-state index is 6.54. The number of fused-ring (bicyclic) bond motifs is 4. The summed E-state index contributed by atoms with van der Waals surface area (Å²) in [5, 5.41) is 5.74. The molecule has 0 bridgehead atoms. The van der Waals surface area contributed by atoms with Crippen molar-refractivity contribution >= 4 is 53.9 Å². The third kappa shape index (κ3) is 2.06. The molecule has 0 aliphatic rings. The second kappa shape index (κ2) is 5.34. The first-order valence-corrected chi connectivity index (χ1v) is 9.10. The molecule has 0 radical (unpaired) electrons. The van der Waals surface area contributed by atoms with Gasteiger partial charge in [0.25, 0.3) is 0 Å². The molecule has 0 atom stereocenters. The van der Waals surface area contributed by atoms with Gasteiger partial charge in [0.15, 0.2) is 0 Å². The van der Waals surface area contributed by atoms with E-state index >= 15 is 0 Å². The van der Waals surface area contributed by atoms with Crippen LogP contribution in [0.4, 0.5) is 0 Å². The van der Waals surface area contributed by atoms with Crippen molar-refractivity contribution in [3.63, 3.8) is 0 Å². The van der Waals surface area contributed by atoms with Gasteiger partial charge in [-0.2, -0.15) is 0 Å². The van der Waals surface area contributed by atoms with Gasteiger partial charge in [-0.3, -0.25) is 0 Å². The first-order chi connectivity index (χ1) is 11.8. The van der Waals surface area contributed by atoms with Crippen LogP contribution in [-0.4, -0.2) is 0 Å². The summed E-state index contributed by atoms with van der Waals surface area (Å²) < 4.78 is 2.63. The summed E-state index contributed by atoms with van der Waals surface area (Å²) in [6.07, 6.45) is 0. The average molecular weight is 345 g/mol. The molecule has 0 aliphatic heterocycles. The Hall–Kier alpha value is -2.35. The average Bonchev–Trinajstić information content (AvgIpc) is 2.99. The summed E-state index contributed by atoms with van der Waals surface area (Å²) in [6, 6.07) is 27.7. The predicted octanol–water partition coefficient (Wildman–Crippen LogP) is 7.53. The van der Waals surface area contributed by atoms with Crippen molar-refractivity contribution in [2.45, 2.75) is 0 Å². The lowest BCUT2D eigenvalue weighted by atomic mass is 9.97. The zero-order chi connectivity index (χ0) is 16.1. The van der Waals surface area contributed by atoms with Crippen LogP contribution in [0.5, 0.6) is 0 Å². The van der Waals surface area contributed by atoms with Crippen LogP contribution in [0.2, 0.25) is 5.02 Å². The molecule has 0 saturated heterocycles. The van der Waals surface area contributed by atoms with E-state index in [9.17, 15) is 0 Å². The second-order valence-electron chi connectivity index (χ2n) is 5.95. The normalized spacial score (nSPS) is 11.5. The lowest BCUT2D eigenvalue weighted by Crippen LogP contribution is -1.82. The van der Waals surface area contributed by atoms with Crippen molar-refractivity contribution in [3.8, 4) is 11.1 Å². The van der Waals surface area contributed by atoms with E-state index in [1.54, 1.807) is 0 Å². The van der Waals surface area contributed by atoms with E-state index in [4.69, 9.17) is 11.6 Å². The number of rotatable bonds is 1. The standard InChI is InChI=1S/C22H13ClS/c23-20-11-10-15(14-6-2-1-3-7-14)17-13-22-19(12-18(17)20)16-8-4-5-9-21(16)24-22/h1-13H. The molecule has 5 aromatic rings. The molecule has 2 heteroatoms. The van der Waals surface area contributed by atoms with E-state index in [2.05, 4.69) is 66.7 Å². The summed E-state index contributed by atoms with van der Waals surface area (Å²) >= 11 is 8.38. The summed E-state index contributed by atoms with van der Waals surface area (Å²) in [4.78, 5) is 0. The molecule has 24 heavy (non-hydrogen) atoms. The summed E-state index contributed by atoms with van der Waals surface area (Å²) in [5.41, 5.74) is 2.45. The first kappa shape index (κ1) is 14.0. The summed E-state index contributed by atoms with van der Waals surface area (Å²) in [5.74, 6) is 0. The monoisotopic (exact) mass is 344 g/mol. The molecule has 114 valence electrons. The van der Waals surface area contributed by atoms with E-state index < -0.39 is 0 Å². The molecule has 0 unspecified atom stereocenters. The Morgan fingerprint density at radius 2 is 1.38 bits per heavy atom. The van der Waals surface area contributed by atoms with Gasteiger partial charge < -0.3 is 0 Å². The molecule has 0 spiro atoms. The molecule has 1 aromatic heterocycles. The van der Waals surface area contributed by atoms with E-state index in [1.165, 1.54) is 36.7 Å². The van der Waals surface area contributed by atoms with Crippen LogP contribution >= 0.6 is 22.9 Å². The smallest absolute Gasteiger partial charge is 0.0485 e. The Morgan fingerprint density at radius 1 is 0.583 bits per heavy atom. The molecule has 0 nitrogen and oxygen atoms in total. The number of halogens is 1. The highest BCUT2D eigenvalue weighted by molar-refractivity contribution is 7.25. The van der Waals surface area contributed by atoms with Crippen LogP contribution in [0, 0.1) is 0 Å². The van der Waals surface area contributed by atoms with Gasteiger partial charge in [0.1, 0.15) is 0 Å². The highest BCUT2D eigenvalue weighted by Crippen LogP contribution is 2.40. The Bertz CT molecular complexity index is 1200. The highest BCUT2D eigenvalue weighted by Gasteiger charge is 2.11. The minimum Gasteiger partial charge on any atom is -0.135 e. The van der Waals surface area contributed by atoms with E-state index in [0.29, 0.717) is 0 Å². The lowest BCUT2D eigenvalue weighted by molar-refractivity contribution is 1.66. The molecule has 0 N–H and O–H groups in total. The first-order valence-electron chi connectivity index (χ1n) is 7.90. The Kier molecular flexibility index (Phi) is 3.12. The van der Waals surface area contributed by atoms with Gasteiger partial charge in [-0.25, -0.2) is 0 Å². The molecule has 0 fully saturated rings. The van der Waals surface area contributed by atoms with Gasteiger partial charge in [-0.15, -0.1) is 11.3 Å². The molecular weight excluding hydrogens is 332 g/mol. The second-order valence-corrected chi connectivity index (χ2v) is 7.44. The maximum Gasteiger partial charge on any atom is 0.0485 e. The van der Waals surface area contributed by atoms with Gasteiger partial charge >= 0.3 is 0 Å². The fraction of sp³-hybridized carbons (Fsp3) is 0. The number of benzene rings is 4. The zero-order valence-corrected chi connectivity index (χ0v) is 14.4. The minimum atomic E-state index is 0.807. The topological polar surface area (TPSA) is 0 Å². The molecule has 4 aromatic carbocycles. The quantitative estimate of drug-likeness (QED) is 0.295. The number of hydrogen-bond donors (Lipinski definition) is 0. The molecular formula is C22H13ClS. The van der Waals surface area contributed by atoms with Crippen LogP contribution < -0.4 is 0 Å². The van der Waals surface area contributed by atoms with Crippen molar-refractivity contribution in [3.05, 3.63) is 83.9 Å². The van der Waals surface area contributed by atoms with Gasteiger partial charge in [0.2, 0.25) is 0 Å². The zero-order valence-electron chi connectivity index (χ0n) is 12.8. The fourth-order valence-corrected chi connectivity index (χ4v) is 4.74. The van der Waals surface area contributed by atoms with Gasteiger partial charge in [-0.05, 0) is 40.8 Å². The van der Waals surface area contributed by atoms with Crippen molar-refractivity contribution in [2.75, 3.05) is 0 Å². The SMILES string of the molecule is Clc1ccc(-c2ccccc2)c2cc3sc4ccccc4c3cc12. The van der Waals surface area contributed by atoms with Gasteiger partial charge in [0.05, 0.1) is 0 Å². The van der Waals surface area contributed by atoms with E-state index in [1.807, 2.05) is 23.5 Å². The van der Waals surface area contributed by atoms with E-state index in [0.717, 1.165) is 10.4 Å². The van der Waals surface area contributed by atoms with Gasteiger partial charge in [-0.1, -0.05) is 66.2 Å². The molecule has 0 amide bonds. The molecule has 0 saturated carbocycles. The Balaban J connectivity index is 1.94. The van der Waals surface area contributed by atoms with Gasteiger partial charge in [0, 0.05) is 30.6 Å². The van der Waals surface area contributed by atoms with Crippen LogP contribution in [0.1, 0.15) is 0 Å². The summed E-state index contributed by atoms with van der Waals surface area (Å²) in [7, 11) is 0. The van der Waals surface area contributed by atoms with E-state index in [-0.39, 0.29) is 0 Å². The van der Waals surface area contributed by atoms with Crippen molar-refractivity contribution in [2.24, 2.45) is 0 Å². The third-order valence-electron chi connectivity index (χ3n) is 4.55. The van der Waals surface area contributed by atoms with Crippen LogP contribution in [-0.2, 0) is 0 Å². The lowest BCUT2D eigenvalue weighted by Gasteiger charge is -2.09. The van der Waals surface area contributed by atoms with Crippen LogP contribution in [0.15, 0.2) is 78.9 Å². The number of thiophene rings is 1.